The first kappa shape index (κ1) is 15.7. The fourth-order valence-electron chi connectivity index (χ4n) is 2.64. The summed E-state index contributed by atoms with van der Waals surface area (Å²) < 4.78 is 5.12. The first-order chi connectivity index (χ1) is 11.2. The largest absolute Gasteiger partial charge is 0.451 e. The van der Waals surface area contributed by atoms with Gasteiger partial charge in [-0.15, -0.1) is 11.3 Å². The molecule has 1 aliphatic carbocycles. The van der Waals surface area contributed by atoms with Gasteiger partial charge >= 0.3 is 5.97 Å². The summed E-state index contributed by atoms with van der Waals surface area (Å²) in [6.45, 7) is 0.193. The Balaban J connectivity index is 1.47. The third kappa shape index (κ3) is 4.20. The van der Waals surface area contributed by atoms with Crippen molar-refractivity contribution in [2.24, 2.45) is 0 Å². The molecule has 5 heteroatoms. The van der Waals surface area contributed by atoms with Crippen molar-refractivity contribution in [1.82, 2.24) is 5.32 Å². The average Bonchev–Trinajstić information content (AvgIpc) is 3.03. The fraction of sp³-hybridized carbons (Fsp3) is 0.333. The molecule has 3 rings (SSSR count). The van der Waals surface area contributed by atoms with Crippen LogP contribution in [0.3, 0.4) is 0 Å². The van der Waals surface area contributed by atoms with Crippen LogP contribution in [-0.4, -0.2) is 18.5 Å². The highest BCUT2D eigenvalue weighted by Crippen LogP contribution is 2.29. The highest BCUT2D eigenvalue weighted by molar-refractivity contribution is 7.14. The Labute approximate surface area is 139 Å². The summed E-state index contributed by atoms with van der Waals surface area (Å²) in [5.74, 6) is -0.692. The van der Waals surface area contributed by atoms with Crippen molar-refractivity contribution in [3.8, 4) is 0 Å². The van der Waals surface area contributed by atoms with Crippen LogP contribution >= 0.6 is 11.3 Å². The molecule has 0 saturated carbocycles. The van der Waals surface area contributed by atoms with Gasteiger partial charge in [0.2, 0.25) is 0 Å². The minimum atomic E-state index is -0.403. The Morgan fingerprint density at radius 2 is 1.91 bits per heavy atom. The van der Waals surface area contributed by atoms with Crippen molar-refractivity contribution in [2.45, 2.75) is 32.2 Å². The van der Waals surface area contributed by atoms with Crippen molar-refractivity contribution >= 4 is 23.2 Å². The van der Waals surface area contributed by atoms with Crippen molar-refractivity contribution < 1.29 is 14.3 Å². The van der Waals surface area contributed by atoms with E-state index in [0.29, 0.717) is 11.4 Å². The first-order valence-corrected chi connectivity index (χ1v) is 8.63. The van der Waals surface area contributed by atoms with Gasteiger partial charge in [0.1, 0.15) is 4.88 Å². The molecule has 1 aromatic heterocycles. The molecule has 1 amide bonds. The van der Waals surface area contributed by atoms with Gasteiger partial charge in [-0.3, -0.25) is 4.79 Å². The van der Waals surface area contributed by atoms with E-state index in [-0.39, 0.29) is 12.5 Å². The minimum absolute atomic E-state index is 0.242. The lowest BCUT2D eigenvalue weighted by Gasteiger charge is -2.08. The third-order valence-electron chi connectivity index (χ3n) is 3.86. The van der Waals surface area contributed by atoms with E-state index in [1.807, 2.05) is 36.4 Å². The number of carbonyl (C=O) groups excluding carboxylic acids is 2. The Morgan fingerprint density at radius 3 is 2.70 bits per heavy atom. The maximum atomic E-state index is 12.0. The van der Waals surface area contributed by atoms with E-state index in [1.54, 1.807) is 0 Å². The van der Waals surface area contributed by atoms with Gasteiger partial charge < -0.3 is 10.1 Å². The molecule has 0 atom stereocenters. The van der Waals surface area contributed by atoms with Crippen LogP contribution in [0.4, 0.5) is 0 Å². The summed E-state index contributed by atoms with van der Waals surface area (Å²) in [7, 11) is 0. The normalized spacial score (nSPS) is 13.2. The maximum absolute atomic E-state index is 12.0. The van der Waals surface area contributed by atoms with Crippen LogP contribution in [0.5, 0.6) is 0 Å². The van der Waals surface area contributed by atoms with E-state index >= 15 is 0 Å². The van der Waals surface area contributed by atoms with Crippen molar-refractivity contribution in [1.29, 1.82) is 0 Å². The summed E-state index contributed by atoms with van der Waals surface area (Å²) in [5.41, 5.74) is 2.28. The lowest BCUT2D eigenvalue weighted by Crippen LogP contribution is -2.28. The monoisotopic (exact) mass is 329 g/mol. The predicted molar refractivity (Wildman–Crippen MR) is 89.5 cm³/mol. The molecule has 0 aliphatic heterocycles. The molecule has 1 N–H and O–H groups in total. The first-order valence-electron chi connectivity index (χ1n) is 7.82. The topological polar surface area (TPSA) is 55.4 Å². The smallest absolute Gasteiger partial charge is 0.348 e. The van der Waals surface area contributed by atoms with Gasteiger partial charge in [-0.1, -0.05) is 30.3 Å². The number of aryl methyl sites for hydroxylation is 2. The van der Waals surface area contributed by atoms with Crippen molar-refractivity contribution in [3.63, 3.8) is 0 Å². The van der Waals surface area contributed by atoms with E-state index in [0.717, 1.165) is 18.4 Å². The number of carbonyl (C=O) groups is 2. The summed E-state index contributed by atoms with van der Waals surface area (Å²) in [6, 6.07) is 11.5. The standard InChI is InChI=1S/C18H19NO3S/c20-17(19-11-13-6-2-1-3-7-13)12-22-18(21)16-10-14-8-4-5-9-15(14)23-16/h1-3,6-7,10H,4-5,8-9,11-12H2,(H,19,20). The van der Waals surface area contributed by atoms with E-state index in [1.165, 1.54) is 34.6 Å². The number of ether oxygens (including phenoxy) is 1. The van der Waals surface area contributed by atoms with Gasteiger partial charge in [-0.05, 0) is 42.9 Å². The molecule has 0 spiro atoms. The van der Waals surface area contributed by atoms with E-state index in [4.69, 9.17) is 4.74 Å². The van der Waals surface area contributed by atoms with E-state index < -0.39 is 5.97 Å². The lowest BCUT2D eigenvalue weighted by molar-refractivity contribution is -0.124. The number of hydrogen-bond donors (Lipinski definition) is 1. The SMILES string of the molecule is O=C(COC(=O)c1cc2c(s1)CCCC2)NCc1ccccc1. The number of amides is 1. The molecule has 0 saturated heterocycles. The van der Waals surface area contributed by atoms with Crippen LogP contribution in [0.15, 0.2) is 36.4 Å². The van der Waals surface area contributed by atoms with E-state index in [2.05, 4.69) is 5.32 Å². The number of benzene rings is 1. The molecule has 4 nitrogen and oxygen atoms in total. The number of esters is 1. The molecular weight excluding hydrogens is 310 g/mol. The summed E-state index contributed by atoms with van der Waals surface area (Å²) in [6.07, 6.45) is 4.45. The highest BCUT2D eigenvalue weighted by atomic mass is 32.1. The third-order valence-corrected chi connectivity index (χ3v) is 5.08. The molecule has 1 aromatic carbocycles. The molecule has 0 fully saturated rings. The van der Waals surface area contributed by atoms with Crippen LogP contribution in [0.2, 0.25) is 0 Å². The van der Waals surface area contributed by atoms with Crippen LogP contribution in [0.1, 0.15) is 38.5 Å². The van der Waals surface area contributed by atoms with Gasteiger partial charge in [-0.2, -0.15) is 0 Å². The maximum Gasteiger partial charge on any atom is 0.348 e. The van der Waals surface area contributed by atoms with Gasteiger partial charge in [0.05, 0.1) is 0 Å². The van der Waals surface area contributed by atoms with Gasteiger partial charge in [0.15, 0.2) is 6.61 Å². The molecule has 0 unspecified atom stereocenters. The quantitative estimate of drug-likeness (QED) is 0.858. The van der Waals surface area contributed by atoms with Crippen LogP contribution in [0.25, 0.3) is 0 Å². The van der Waals surface area contributed by atoms with Crippen molar-refractivity contribution in [3.05, 3.63) is 57.3 Å². The van der Waals surface area contributed by atoms with E-state index in [9.17, 15) is 9.59 Å². The lowest BCUT2D eigenvalue weighted by atomic mass is 9.99. The Hall–Kier alpha value is -2.14. The number of thiophene rings is 1. The van der Waals surface area contributed by atoms with Crippen molar-refractivity contribution in [2.75, 3.05) is 6.61 Å². The zero-order chi connectivity index (χ0) is 16.1. The summed E-state index contributed by atoms with van der Waals surface area (Å²) >= 11 is 1.50. The van der Waals surface area contributed by atoms with Gasteiger partial charge in [0, 0.05) is 11.4 Å². The predicted octanol–water partition coefficient (Wildman–Crippen LogP) is 3.10. The highest BCUT2D eigenvalue weighted by Gasteiger charge is 2.18. The molecule has 120 valence electrons. The Morgan fingerprint density at radius 1 is 1.13 bits per heavy atom. The summed E-state index contributed by atoms with van der Waals surface area (Å²) in [4.78, 5) is 25.7. The number of nitrogens with one attached hydrogen (secondary N) is 1. The number of rotatable bonds is 5. The molecule has 1 aliphatic rings. The van der Waals surface area contributed by atoms with Crippen LogP contribution < -0.4 is 5.32 Å². The fourth-order valence-corrected chi connectivity index (χ4v) is 3.79. The second-order valence-corrected chi connectivity index (χ2v) is 6.74. The Bertz CT molecular complexity index is 670. The Kier molecular flexibility index (Phi) is 5.08. The number of fused-ring (bicyclic) bond motifs is 1. The zero-order valence-corrected chi connectivity index (χ0v) is 13.7. The molecule has 1 heterocycles. The van der Waals surface area contributed by atoms with Crippen LogP contribution in [-0.2, 0) is 28.9 Å². The van der Waals surface area contributed by atoms with Gasteiger partial charge in [-0.25, -0.2) is 4.79 Å². The molecule has 2 aromatic rings. The second kappa shape index (κ2) is 7.42. The second-order valence-electron chi connectivity index (χ2n) is 5.60. The molecular formula is C18H19NO3S. The number of hydrogen-bond acceptors (Lipinski definition) is 4. The molecule has 0 radical (unpaired) electrons. The minimum Gasteiger partial charge on any atom is -0.451 e. The molecule has 0 bridgehead atoms. The molecule has 23 heavy (non-hydrogen) atoms. The summed E-state index contributed by atoms with van der Waals surface area (Å²) in [5, 5.41) is 2.74. The average molecular weight is 329 g/mol. The van der Waals surface area contributed by atoms with Crippen LogP contribution in [0, 0.1) is 0 Å². The van der Waals surface area contributed by atoms with Gasteiger partial charge in [0.25, 0.3) is 5.91 Å². The zero-order valence-electron chi connectivity index (χ0n) is 12.8.